The summed E-state index contributed by atoms with van der Waals surface area (Å²) in [6.45, 7) is 1.65. The van der Waals surface area contributed by atoms with E-state index >= 15 is 0 Å². The maximum Gasteiger partial charge on any atom is 0.308 e. The van der Waals surface area contributed by atoms with Crippen LogP contribution < -0.4 is 15.4 Å². The van der Waals surface area contributed by atoms with Crippen LogP contribution in [0.15, 0.2) is 24.3 Å². The minimum absolute atomic E-state index is 0.0120. The number of carbonyl (C=O) groups is 3. The average molecular weight is 334 g/mol. The summed E-state index contributed by atoms with van der Waals surface area (Å²) in [5.41, 5.74) is 0.394. The van der Waals surface area contributed by atoms with Gasteiger partial charge in [-0.05, 0) is 31.9 Å². The number of ether oxygens (including phenoxy) is 2. The summed E-state index contributed by atoms with van der Waals surface area (Å²) in [7, 11) is 1.48. The molecule has 1 aromatic carbocycles. The van der Waals surface area contributed by atoms with Gasteiger partial charge in [-0.1, -0.05) is 12.1 Å². The monoisotopic (exact) mass is 334 g/mol. The quantitative estimate of drug-likeness (QED) is 0.693. The van der Waals surface area contributed by atoms with Crippen LogP contribution in [0.1, 0.15) is 36.5 Å². The van der Waals surface area contributed by atoms with Crippen LogP contribution in [0.4, 0.5) is 0 Å². The van der Waals surface area contributed by atoms with E-state index in [1.54, 1.807) is 24.3 Å². The molecule has 0 saturated heterocycles. The fourth-order valence-corrected chi connectivity index (χ4v) is 2.06. The van der Waals surface area contributed by atoms with Gasteiger partial charge in [-0.25, -0.2) is 0 Å². The number of methoxy groups -OCH3 is 1. The Bertz CT molecular complexity index is 613. The van der Waals surface area contributed by atoms with Crippen LogP contribution >= 0.6 is 0 Å². The third kappa shape index (κ3) is 5.26. The van der Waals surface area contributed by atoms with Crippen LogP contribution in [0.2, 0.25) is 0 Å². The molecule has 0 unspecified atom stereocenters. The molecule has 7 nitrogen and oxygen atoms in total. The minimum Gasteiger partial charge on any atom is -0.496 e. The smallest absolute Gasteiger partial charge is 0.308 e. The maximum atomic E-state index is 12.1. The Morgan fingerprint density at radius 2 is 1.96 bits per heavy atom. The molecule has 1 aliphatic rings. The summed E-state index contributed by atoms with van der Waals surface area (Å²) in [5, 5.41) is 5.40. The molecular formula is C17H22N2O5. The van der Waals surface area contributed by atoms with E-state index in [-0.39, 0.29) is 30.8 Å². The Kier molecular flexibility index (Phi) is 6.17. The van der Waals surface area contributed by atoms with Crippen molar-refractivity contribution in [2.45, 2.75) is 38.3 Å². The fourth-order valence-electron chi connectivity index (χ4n) is 2.06. The molecule has 0 bridgehead atoms. The van der Waals surface area contributed by atoms with Crippen molar-refractivity contribution in [2.24, 2.45) is 0 Å². The van der Waals surface area contributed by atoms with E-state index in [1.807, 2.05) is 0 Å². The Hall–Kier alpha value is -2.57. The lowest BCUT2D eigenvalue weighted by atomic mass is 10.2. The standard InChI is InChI=1S/C17H22N2O5/c1-11(16(21)19-12-7-8-12)24-15(20)9-10-18-17(22)13-5-3-4-6-14(13)23-2/h3-6,11-12H,7-10H2,1-2H3,(H,18,22)(H,19,21)/t11-/m0/s1. The number of esters is 1. The van der Waals surface area contributed by atoms with Gasteiger partial charge in [-0.2, -0.15) is 0 Å². The molecule has 1 aromatic rings. The van der Waals surface area contributed by atoms with Crippen molar-refractivity contribution in [1.82, 2.24) is 10.6 Å². The van der Waals surface area contributed by atoms with E-state index in [2.05, 4.69) is 10.6 Å². The number of hydrogen-bond acceptors (Lipinski definition) is 5. The zero-order valence-electron chi connectivity index (χ0n) is 13.8. The zero-order chi connectivity index (χ0) is 17.5. The fraction of sp³-hybridized carbons (Fsp3) is 0.471. The number of rotatable bonds is 8. The molecule has 0 radical (unpaired) electrons. The SMILES string of the molecule is COc1ccccc1C(=O)NCCC(=O)O[C@@H](C)C(=O)NC1CC1. The van der Waals surface area contributed by atoms with Crippen LogP contribution in [0, 0.1) is 0 Å². The molecular weight excluding hydrogens is 312 g/mol. The van der Waals surface area contributed by atoms with Crippen molar-refractivity contribution in [3.63, 3.8) is 0 Å². The highest BCUT2D eigenvalue weighted by Crippen LogP contribution is 2.19. The second-order valence-corrected chi connectivity index (χ2v) is 5.62. The van der Waals surface area contributed by atoms with Gasteiger partial charge in [0.1, 0.15) is 5.75 Å². The van der Waals surface area contributed by atoms with Gasteiger partial charge in [0, 0.05) is 12.6 Å². The summed E-state index contributed by atoms with van der Waals surface area (Å²) in [4.78, 5) is 35.5. The number of amides is 2. The summed E-state index contributed by atoms with van der Waals surface area (Å²) in [6.07, 6.45) is 1.10. The first kappa shape index (κ1) is 17.8. The van der Waals surface area contributed by atoms with Gasteiger partial charge in [0.2, 0.25) is 0 Å². The van der Waals surface area contributed by atoms with Crippen molar-refractivity contribution in [3.8, 4) is 5.75 Å². The molecule has 130 valence electrons. The molecule has 0 spiro atoms. The summed E-state index contributed by atoms with van der Waals surface area (Å²) in [5.74, 6) is -0.694. The third-order valence-electron chi connectivity index (χ3n) is 3.57. The van der Waals surface area contributed by atoms with Crippen molar-refractivity contribution < 1.29 is 23.9 Å². The second-order valence-electron chi connectivity index (χ2n) is 5.62. The number of para-hydroxylation sites is 1. The highest BCUT2D eigenvalue weighted by Gasteiger charge is 2.27. The highest BCUT2D eigenvalue weighted by atomic mass is 16.5. The molecule has 2 rings (SSSR count). The molecule has 0 aromatic heterocycles. The van der Waals surface area contributed by atoms with E-state index in [4.69, 9.17) is 9.47 Å². The van der Waals surface area contributed by atoms with Gasteiger partial charge in [0.05, 0.1) is 19.1 Å². The first-order valence-electron chi connectivity index (χ1n) is 7.92. The van der Waals surface area contributed by atoms with Crippen LogP contribution in [0.5, 0.6) is 5.75 Å². The van der Waals surface area contributed by atoms with Crippen molar-refractivity contribution in [1.29, 1.82) is 0 Å². The summed E-state index contributed by atoms with van der Waals surface area (Å²) in [6, 6.07) is 7.03. The lowest BCUT2D eigenvalue weighted by molar-refractivity contribution is -0.154. The predicted molar refractivity (Wildman–Crippen MR) is 86.7 cm³/mol. The molecule has 2 amide bonds. The van der Waals surface area contributed by atoms with Crippen molar-refractivity contribution in [3.05, 3.63) is 29.8 Å². The van der Waals surface area contributed by atoms with Crippen LogP contribution in [-0.2, 0) is 14.3 Å². The Morgan fingerprint density at radius 3 is 2.62 bits per heavy atom. The highest BCUT2D eigenvalue weighted by molar-refractivity contribution is 5.97. The predicted octanol–water partition coefficient (Wildman–Crippen LogP) is 1.03. The summed E-state index contributed by atoms with van der Waals surface area (Å²) >= 11 is 0. The Labute approximate surface area is 140 Å². The molecule has 1 aliphatic carbocycles. The molecule has 0 aliphatic heterocycles. The lowest BCUT2D eigenvalue weighted by Gasteiger charge is -2.13. The number of nitrogens with one attached hydrogen (secondary N) is 2. The number of carbonyl (C=O) groups excluding carboxylic acids is 3. The Balaban J connectivity index is 1.71. The first-order valence-corrected chi connectivity index (χ1v) is 7.92. The molecule has 0 heterocycles. The van der Waals surface area contributed by atoms with Gasteiger partial charge < -0.3 is 20.1 Å². The Morgan fingerprint density at radius 1 is 1.25 bits per heavy atom. The van der Waals surface area contributed by atoms with Crippen LogP contribution in [0.25, 0.3) is 0 Å². The van der Waals surface area contributed by atoms with E-state index in [0.29, 0.717) is 11.3 Å². The van der Waals surface area contributed by atoms with E-state index in [1.165, 1.54) is 14.0 Å². The van der Waals surface area contributed by atoms with Crippen LogP contribution in [0.3, 0.4) is 0 Å². The van der Waals surface area contributed by atoms with Crippen LogP contribution in [-0.4, -0.2) is 43.6 Å². The van der Waals surface area contributed by atoms with Crippen molar-refractivity contribution in [2.75, 3.05) is 13.7 Å². The van der Waals surface area contributed by atoms with Gasteiger partial charge in [-0.3, -0.25) is 14.4 Å². The maximum absolute atomic E-state index is 12.1. The second kappa shape index (κ2) is 8.33. The van der Waals surface area contributed by atoms with Gasteiger partial charge in [-0.15, -0.1) is 0 Å². The number of hydrogen-bond donors (Lipinski definition) is 2. The number of benzene rings is 1. The molecule has 7 heteroatoms. The average Bonchev–Trinajstić information content (AvgIpc) is 3.38. The molecule has 1 fully saturated rings. The largest absolute Gasteiger partial charge is 0.496 e. The lowest BCUT2D eigenvalue weighted by Crippen LogP contribution is -2.37. The normalized spacial score (nSPS) is 14.4. The third-order valence-corrected chi connectivity index (χ3v) is 3.57. The minimum atomic E-state index is -0.831. The van der Waals surface area contributed by atoms with Gasteiger partial charge in [0.25, 0.3) is 11.8 Å². The van der Waals surface area contributed by atoms with E-state index in [9.17, 15) is 14.4 Å². The molecule has 24 heavy (non-hydrogen) atoms. The van der Waals surface area contributed by atoms with E-state index < -0.39 is 12.1 Å². The van der Waals surface area contributed by atoms with Gasteiger partial charge in [0.15, 0.2) is 6.10 Å². The first-order chi connectivity index (χ1) is 11.5. The zero-order valence-corrected chi connectivity index (χ0v) is 13.8. The topological polar surface area (TPSA) is 93.7 Å². The molecule has 2 N–H and O–H groups in total. The summed E-state index contributed by atoms with van der Waals surface area (Å²) < 4.78 is 10.2. The van der Waals surface area contributed by atoms with E-state index in [0.717, 1.165) is 12.8 Å². The molecule has 1 atom stereocenters. The van der Waals surface area contributed by atoms with Gasteiger partial charge >= 0.3 is 5.97 Å². The van der Waals surface area contributed by atoms with Crippen molar-refractivity contribution >= 4 is 17.8 Å². The molecule has 1 saturated carbocycles.